The highest BCUT2D eigenvalue weighted by atomic mass is 32.1. The Hall–Kier alpha value is -0.410. The van der Waals surface area contributed by atoms with Gasteiger partial charge in [-0.25, -0.2) is 4.98 Å². The van der Waals surface area contributed by atoms with Crippen molar-refractivity contribution >= 4 is 11.3 Å². The van der Waals surface area contributed by atoms with E-state index in [1.807, 2.05) is 0 Å². The van der Waals surface area contributed by atoms with Crippen molar-refractivity contribution in [1.82, 2.24) is 4.98 Å². The second-order valence-corrected chi connectivity index (χ2v) is 5.56. The Morgan fingerprint density at radius 1 is 1.43 bits per heavy atom. The van der Waals surface area contributed by atoms with Gasteiger partial charge in [0.05, 0.1) is 10.7 Å². The van der Waals surface area contributed by atoms with E-state index in [-0.39, 0.29) is 11.5 Å². The molecule has 1 aliphatic rings. The van der Waals surface area contributed by atoms with Crippen LogP contribution in [0.4, 0.5) is 0 Å². The van der Waals surface area contributed by atoms with Crippen LogP contribution in [0, 0.1) is 0 Å². The largest absolute Gasteiger partial charge is 0.327 e. The predicted molar refractivity (Wildman–Crippen MR) is 60.8 cm³/mol. The van der Waals surface area contributed by atoms with Crippen LogP contribution in [-0.4, -0.2) is 11.0 Å². The first-order chi connectivity index (χ1) is 6.56. The minimum absolute atomic E-state index is 0.226. The molecule has 14 heavy (non-hydrogen) atoms. The van der Waals surface area contributed by atoms with Crippen LogP contribution in [-0.2, 0) is 5.41 Å². The molecule has 1 aliphatic carbocycles. The first-order valence-electron chi connectivity index (χ1n) is 5.28. The number of thiazole rings is 1. The molecular formula is C11H18N2S. The smallest absolute Gasteiger partial charge is 0.0953 e. The lowest BCUT2D eigenvalue weighted by molar-refractivity contribution is 0.543. The Morgan fingerprint density at radius 2 is 2.07 bits per heavy atom. The molecule has 1 atom stereocenters. The first-order valence-corrected chi connectivity index (χ1v) is 6.16. The number of nitrogens with zero attached hydrogens (tertiary/aromatic N) is 1. The van der Waals surface area contributed by atoms with Gasteiger partial charge in [0.1, 0.15) is 0 Å². The molecule has 0 bridgehead atoms. The number of rotatable bonds is 3. The van der Waals surface area contributed by atoms with Gasteiger partial charge in [0.15, 0.2) is 0 Å². The second kappa shape index (κ2) is 3.31. The summed E-state index contributed by atoms with van der Waals surface area (Å²) in [5.74, 6) is 0.539. The average molecular weight is 210 g/mol. The summed E-state index contributed by atoms with van der Waals surface area (Å²) >= 11 is 1.78. The molecule has 0 amide bonds. The monoisotopic (exact) mass is 210 g/mol. The molecule has 1 aromatic rings. The third-order valence-electron chi connectivity index (χ3n) is 3.19. The zero-order valence-electron chi connectivity index (χ0n) is 9.08. The molecule has 2 nitrogen and oxygen atoms in total. The maximum atomic E-state index is 6.01. The van der Waals surface area contributed by atoms with Crippen LogP contribution < -0.4 is 5.73 Å². The highest BCUT2D eigenvalue weighted by molar-refractivity contribution is 7.09. The predicted octanol–water partition coefficient (Wildman–Crippen LogP) is 2.65. The number of hydrogen-bond donors (Lipinski definition) is 1. The molecule has 1 saturated carbocycles. The van der Waals surface area contributed by atoms with Gasteiger partial charge >= 0.3 is 0 Å². The van der Waals surface area contributed by atoms with E-state index in [1.54, 1.807) is 11.3 Å². The fourth-order valence-electron chi connectivity index (χ4n) is 1.86. The molecule has 0 saturated heterocycles. The molecule has 1 heterocycles. The average Bonchev–Trinajstić information content (AvgIpc) is 2.77. The molecule has 0 aromatic carbocycles. The van der Waals surface area contributed by atoms with Gasteiger partial charge in [0, 0.05) is 22.8 Å². The van der Waals surface area contributed by atoms with E-state index in [4.69, 9.17) is 10.7 Å². The molecule has 2 rings (SSSR count). The van der Waals surface area contributed by atoms with E-state index in [0.717, 1.165) is 0 Å². The molecule has 0 radical (unpaired) electrons. The summed E-state index contributed by atoms with van der Waals surface area (Å²) in [5.41, 5.74) is 7.48. The van der Waals surface area contributed by atoms with Crippen molar-refractivity contribution in [3.63, 3.8) is 0 Å². The minimum Gasteiger partial charge on any atom is -0.327 e. The van der Waals surface area contributed by atoms with Crippen LogP contribution >= 0.6 is 11.3 Å². The maximum absolute atomic E-state index is 6.01. The summed E-state index contributed by atoms with van der Waals surface area (Å²) in [6, 6.07) is 0.240. The van der Waals surface area contributed by atoms with Gasteiger partial charge in [-0.2, -0.15) is 0 Å². The van der Waals surface area contributed by atoms with Crippen LogP contribution in [0.1, 0.15) is 50.2 Å². The van der Waals surface area contributed by atoms with Crippen molar-refractivity contribution in [2.24, 2.45) is 5.73 Å². The second-order valence-electron chi connectivity index (χ2n) is 4.67. The highest BCUT2D eigenvalue weighted by Crippen LogP contribution is 2.50. The van der Waals surface area contributed by atoms with Crippen molar-refractivity contribution < 1.29 is 0 Å². The van der Waals surface area contributed by atoms with E-state index >= 15 is 0 Å². The number of aromatic nitrogens is 1. The summed E-state index contributed by atoms with van der Waals surface area (Å²) in [6.45, 7) is 6.48. The van der Waals surface area contributed by atoms with Gasteiger partial charge in [0.25, 0.3) is 0 Å². The van der Waals surface area contributed by atoms with Gasteiger partial charge < -0.3 is 5.73 Å². The van der Waals surface area contributed by atoms with Gasteiger partial charge in [-0.05, 0) is 19.8 Å². The third-order valence-corrected chi connectivity index (χ3v) is 4.33. The third kappa shape index (κ3) is 1.48. The Morgan fingerprint density at radius 3 is 2.43 bits per heavy atom. The topological polar surface area (TPSA) is 38.9 Å². The highest BCUT2D eigenvalue weighted by Gasteiger charge is 2.49. The fourth-order valence-corrected chi connectivity index (χ4v) is 2.80. The van der Waals surface area contributed by atoms with E-state index in [9.17, 15) is 0 Å². The van der Waals surface area contributed by atoms with Gasteiger partial charge in [0.2, 0.25) is 0 Å². The fraction of sp³-hybridized carbons (Fsp3) is 0.727. The van der Waals surface area contributed by atoms with Gasteiger partial charge in [-0.15, -0.1) is 11.3 Å². The summed E-state index contributed by atoms with van der Waals surface area (Å²) < 4.78 is 0. The molecule has 1 aromatic heterocycles. The lowest BCUT2D eigenvalue weighted by Crippen LogP contribution is -2.31. The molecule has 78 valence electrons. The van der Waals surface area contributed by atoms with Crippen LogP contribution in [0.15, 0.2) is 5.38 Å². The minimum atomic E-state index is 0.226. The first kappa shape index (κ1) is 10.1. The molecule has 2 N–H and O–H groups in total. The zero-order valence-corrected chi connectivity index (χ0v) is 9.90. The van der Waals surface area contributed by atoms with Crippen molar-refractivity contribution in [2.45, 2.75) is 51.0 Å². The van der Waals surface area contributed by atoms with Crippen LogP contribution in [0.3, 0.4) is 0 Å². The SMILES string of the molecule is CC(C)c1nc(C2(C(C)N)CC2)cs1. The van der Waals surface area contributed by atoms with Crippen molar-refractivity contribution in [3.8, 4) is 0 Å². The van der Waals surface area contributed by atoms with Crippen LogP contribution in [0.2, 0.25) is 0 Å². The van der Waals surface area contributed by atoms with Crippen molar-refractivity contribution in [1.29, 1.82) is 0 Å². The van der Waals surface area contributed by atoms with E-state index in [0.29, 0.717) is 5.92 Å². The Balaban J connectivity index is 2.25. The van der Waals surface area contributed by atoms with Gasteiger partial charge in [-0.1, -0.05) is 13.8 Å². The molecule has 1 unspecified atom stereocenters. The molecule has 3 heteroatoms. The molecule has 0 spiro atoms. The Bertz CT molecular complexity index is 324. The van der Waals surface area contributed by atoms with E-state index in [2.05, 4.69) is 26.2 Å². The molecule has 1 fully saturated rings. The lowest BCUT2D eigenvalue weighted by atomic mass is 9.95. The number of nitrogens with two attached hydrogens (primary N) is 1. The Labute approximate surface area is 89.5 Å². The zero-order chi connectivity index (χ0) is 10.3. The number of hydrogen-bond acceptors (Lipinski definition) is 3. The quantitative estimate of drug-likeness (QED) is 0.833. The standard InChI is InChI=1S/C11H18N2S/c1-7(2)10-13-9(6-14-10)11(4-5-11)8(3)12/h6-8H,4-5,12H2,1-3H3. The summed E-state index contributed by atoms with van der Waals surface area (Å²) in [7, 11) is 0. The summed E-state index contributed by atoms with van der Waals surface area (Å²) in [6.07, 6.45) is 2.43. The normalized spacial score (nSPS) is 21.2. The summed E-state index contributed by atoms with van der Waals surface area (Å²) in [5, 5.41) is 3.44. The Kier molecular flexibility index (Phi) is 2.40. The van der Waals surface area contributed by atoms with E-state index < -0.39 is 0 Å². The van der Waals surface area contributed by atoms with Crippen LogP contribution in [0.25, 0.3) is 0 Å². The van der Waals surface area contributed by atoms with Crippen molar-refractivity contribution in [2.75, 3.05) is 0 Å². The molecule has 0 aliphatic heterocycles. The summed E-state index contributed by atoms with van der Waals surface area (Å²) in [4.78, 5) is 4.70. The lowest BCUT2D eigenvalue weighted by Gasteiger charge is -2.16. The van der Waals surface area contributed by atoms with Crippen molar-refractivity contribution in [3.05, 3.63) is 16.1 Å². The van der Waals surface area contributed by atoms with Gasteiger partial charge in [-0.3, -0.25) is 0 Å². The maximum Gasteiger partial charge on any atom is 0.0953 e. The van der Waals surface area contributed by atoms with E-state index in [1.165, 1.54) is 23.5 Å². The van der Waals surface area contributed by atoms with Crippen LogP contribution in [0.5, 0.6) is 0 Å². The molecular weight excluding hydrogens is 192 g/mol.